The molecule has 74 valence electrons. The molecule has 0 aliphatic carbocycles. The Bertz CT molecular complexity index is 346. The number of halogens is 1. The first-order valence-corrected chi connectivity index (χ1v) is 5.20. The van der Waals surface area contributed by atoms with Crippen molar-refractivity contribution in [3.05, 3.63) is 33.4 Å². The number of amides is 1. The van der Waals surface area contributed by atoms with Crippen LogP contribution in [0.5, 0.6) is 0 Å². The van der Waals surface area contributed by atoms with Gasteiger partial charge in [0.05, 0.1) is 6.54 Å². The van der Waals surface area contributed by atoms with E-state index in [-0.39, 0.29) is 18.2 Å². The molecule has 0 bridgehead atoms. The highest BCUT2D eigenvalue weighted by molar-refractivity contribution is 14.1. The number of hydrogen-bond donors (Lipinski definition) is 1. The number of Topliss-reactive ketones (excluding diaryl/α,β-unsaturated/α-hetero) is 1. The minimum absolute atomic E-state index is 0.0520. The normalized spacial score (nSPS) is 9.57. The minimum atomic E-state index is -0.211. The van der Waals surface area contributed by atoms with Crippen LogP contribution in [0.25, 0.3) is 0 Å². The number of benzene rings is 1. The Morgan fingerprint density at radius 1 is 1.29 bits per heavy atom. The largest absolute Gasteiger partial charge is 0.345 e. The predicted octanol–water partition coefficient (Wildman–Crippen LogP) is 1.61. The third-order valence-corrected chi connectivity index (χ3v) is 2.32. The Balaban J connectivity index is 2.61. The van der Waals surface area contributed by atoms with Crippen molar-refractivity contribution in [2.24, 2.45) is 0 Å². The molecule has 0 radical (unpaired) electrons. The van der Waals surface area contributed by atoms with E-state index in [0.717, 1.165) is 3.57 Å². The molecule has 0 fully saturated rings. The number of carbonyl (C=O) groups is 2. The first-order valence-electron chi connectivity index (χ1n) is 4.13. The highest BCUT2D eigenvalue weighted by Crippen LogP contribution is 2.06. The van der Waals surface area contributed by atoms with Crippen molar-refractivity contribution in [2.45, 2.75) is 6.92 Å². The molecule has 1 aromatic carbocycles. The van der Waals surface area contributed by atoms with E-state index >= 15 is 0 Å². The maximum absolute atomic E-state index is 11.4. The second-order valence-corrected chi connectivity index (χ2v) is 4.14. The van der Waals surface area contributed by atoms with Crippen LogP contribution in [0, 0.1) is 3.57 Å². The molecule has 14 heavy (non-hydrogen) atoms. The average molecular weight is 303 g/mol. The summed E-state index contributed by atoms with van der Waals surface area (Å²) in [4.78, 5) is 22.0. The highest BCUT2D eigenvalue weighted by atomic mass is 127. The molecule has 1 aromatic rings. The molecule has 0 atom stereocenters. The van der Waals surface area contributed by atoms with Gasteiger partial charge in [0.1, 0.15) is 5.78 Å². The minimum Gasteiger partial charge on any atom is -0.345 e. The summed E-state index contributed by atoms with van der Waals surface area (Å²) in [6.07, 6.45) is 0. The van der Waals surface area contributed by atoms with Crippen LogP contribution in [0.4, 0.5) is 0 Å². The van der Waals surface area contributed by atoms with E-state index in [0.29, 0.717) is 5.56 Å². The van der Waals surface area contributed by atoms with Crippen LogP contribution in [0.3, 0.4) is 0 Å². The molecule has 1 rings (SSSR count). The van der Waals surface area contributed by atoms with Crippen LogP contribution in [0.2, 0.25) is 0 Å². The van der Waals surface area contributed by atoms with E-state index in [1.165, 1.54) is 6.92 Å². The van der Waals surface area contributed by atoms with Gasteiger partial charge in [0.25, 0.3) is 5.91 Å². The Kier molecular flexibility index (Phi) is 4.06. The van der Waals surface area contributed by atoms with Crippen LogP contribution in [0.15, 0.2) is 24.3 Å². The van der Waals surface area contributed by atoms with E-state index in [9.17, 15) is 9.59 Å². The topological polar surface area (TPSA) is 46.2 Å². The fourth-order valence-electron chi connectivity index (χ4n) is 0.908. The lowest BCUT2D eigenvalue weighted by atomic mass is 10.2. The zero-order valence-electron chi connectivity index (χ0n) is 7.71. The molecular formula is C10H10INO2. The lowest BCUT2D eigenvalue weighted by Gasteiger charge is -2.02. The summed E-state index contributed by atoms with van der Waals surface area (Å²) < 4.78 is 1.07. The van der Waals surface area contributed by atoms with Crippen molar-refractivity contribution >= 4 is 34.3 Å². The van der Waals surface area contributed by atoms with Crippen molar-refractivity contribution in [2.75, 3.05) is 6.54 Å². The van der Waals surface area contributed by atoms with E-state index in [1.807, 2.05) is 12.1 Å². The predicted molar refractivity (Wildman–Crippen MR) is 62.2 cm³/mol. The number of ketones is 1. The van der Waals surface area contributed by atoms with Gasteiger partial charge in [-0.15, -0.1) is 0 Å². The second kappa shape index (κ2) is 5.09. The summed E-state index contributed by atoms with van der Waals surface area (Å²) >= 11 is 2.17. The van der Waals surface area contributed by atoms with E-state index in [1.54, 1.807) is 12.1 Å². The van der Waals surface area contributed by atoms with Gasteiger partial charge in [-0.25, -0.2) is 0 Å². The molecule has 0 heterocycles. The van der Waals surface area contributed by atoms with Gasteiger partial charge in [-0.3, -0.25) is 9.59 Å². The first kappa shape index (κ1) is 11.2. The molecule has 0 aromatic heterocycles. The quantitative estimate of drug-likeness (QED) is 0.862. The maximum atomic E-state index is 11.4. The highest BCUT2D eigenvalue weighted by Gasteiger charge is 2.04. The van der Waals surface area contributed by atoms with Gasteiger partial charge in [-0.2, -0.15) is 0 Å². The molecule has 0 aliphatic rings. The van der Waals surface area contributed by atoms with Gasteiger partial charge in [0.2, 0.25) is 0 Å². The van der Waals surface area contributed by atoms with Gasteiger partial charge >= 0.3 is 0 Å². The molecule has 1 amide bonds. The van der Waals surface area contributed by atoms with Gasteiger partial charge in [0.15, 0.2) is 0 Å². The number of hydrogen-bond acceptors (Lipinski definition) is 2. The lowest BCUT2D eigenvalue weighted by molar-refractivity contribution is -0.116. The van der Waals surface area contributed by atoms with Crippen molar-refractivity contribution < 1.29 is 9.59 Å². The van der Waals surface area contributed by atoms with Gasteiger partial charge in [0, 0.05) is 9.13 Å². The Labute approximate surface area is 96.0 Å². The van der Waals surface area contributed by atoms with Gasteiger partial charge in [-0.1, -0.05) is 0 Å². The maximum Gasteiger partial charge on any atom is 0.251 e. The van der Waals surface area contributed by atoms with Crippen LogP contribution in [-0.4, -0.2) is 18.2 Å². The monoisotopic (exact) mass is 303 g/mol. The molecule has 3 nitrogen and oxygen atoms in total. The molecule has 0 aliphatic heterocycles. The number of carbonyl (C=O) groups excluding carboxylic acids is 2. The van der Waals surface area contributed by atoms with Crippen molar-refractivity contribution in [1.82, 2.24) is 5.32 Å². The van der Waals surface area contributed by atoms with E-state index in [4.69, 9.17) is 0 Å². The molecule has 4 heteroatoms. The third-order valence-electron chi connectivity index (χ3n) is 1.60. The number of nitrogens with one attached hydrogen (secondary N) is 1. The van der Waals surface area contributed by atoms with Crippen molar-refractivity contribution in [1.29, 1.82) is 0 Å². The summed E-state index contributed by atoms with van der Waals surface area (Å²) in [5.74, 6) is -0.263. The standard InChI is InChI=1S/C10H10INO2/c1-7(13)6-12-10(14)8-2-4-9(11)5-3-8/h2-5H,6H2,1H3,(H,12,14). The summed E-state index contributed by atoms with van der Waals surface area (Å²) in [5.41, 5.74) is 0.576. The fraction of sp³-hybridized carbons (Fsp3) is 0.200. The zero-order valence-corrected chi connectivity index (χ0v) is 9.87. The van der Waals surface area contributed by atoms with Crippen LogP contribution in [-0.2, 0) is 4.79 Å². The van der Waals surface area contributed by atoms with Crippen LogP contribution < -0.4 is 5.32 Å². The molecule has 0 spiro atoms. The van der Waals surface area contributed by atoms with Crippen LogP contribution in [0.1, 0.15) is 17.3 Å². The Morgan fingerprint density at radius 2 is 1.86 bits per heavy atom. The summed E-state index contributed by atoms with van der Waals surface area (Å²) in [6.45, 7) is 1.53. The first-order chi connectivity index (χ1) is 6.59. The fourth-order valence-corrected chi connectivity index (χ4v) is 1.27. The van der Waals surface area contributed by atoms with E-state index < -0.39 is 0 Å². The Morgan fingerprint density at radius 3 is 2.36 bits per heavy atom. The Hall–Kier alpha value is -0.910. The molecule has 0 saturated carbocycles. The average Bonchev–Trinajstić information content (AvgIpc) is 2.15. The molecule has 0 unspecified atom stereocenters. The second-order valence-electron chi connectivity index (χ2n) is 2.89. The third kappa shape index (κ3) is 3.45. The lowest BCUT2D eigenvalue weighted by Crippen LogP contribution is -2.28. The van der Waals surface area contributed by atoms with Crippen molar-refractivity contribution in [3.8, 4) is 0 Å². The summed E-state index contributed by atoms with van der Waals surface area (Å²) in [6, 6.07) is 7.17. The van der Waals surface area contributed by atoms with Crippen molar-refractivity contribution in [3.63, 3.8) is 0 Å². The van der Waals surface area contributed by atoms with Gasteiger partial charge in [-0.05, 0) is 53.8 Å². The molecule has 1 N–H and O–H groups in total. The molecule has 0 saturated heterocycles. The van der Waals surface area contributed by atoms with E-state index in [2.05, 4.69) is 27.9 Å². The smallest absolute Gasteiger partial charge is 0.251 e. The summed E-state index contributed by atoms with van der Waals surface area (Å²) in [7, 11) is 0. The van der Waals surface area contributed by atoms with Crippen LogP contribution >= 0.6 is 22.6 Å². The van der Waals surface area contributed by atoms with Gasteiger partial charge < -0.3 is 5.32 Å². The molecular weight excluding hydrogens is 293 g/mol. The summed E-state index contributed by atoms with van der Waals surface area (Å²) in [5, 5.41) is 2.53. The SMILES string of the molecule is CC(=O)CNC(=O)c1ccc(I)cc1. The number of rotatable bonds is 3. The zero-order chi connectivity index (χ0) is 10.6.